The second-order valence-electron chi connectivity index (χ2n) is 9.25. The lowest BCUT2D eigenvalue weighted by Gasteiger charge is -2.37. The summed E-state index contributed by atoms with van der Waals surface area (Å²) in [6, 6.07) is 13.8. The zero-order chi connectivity index (χ0) is 22.5. The number of aryl methyl sites for hydroxylation is 1. The Bertz CT molecular complexity index is 1370. The molecule has 1 aliphatic rings. The minimum atomic E-state index is -0.851. The van der Waals surface area contributed by atoms with Crippen LogP contribution in [0.2, 0.25) is 0 Å². The average Bonchev–Trinajstić information content (AvgIpc) is 3.33. The number of H-pyrrole nitrogens is 1. The van der Waals surface area contributed by atoms with Gasteiger partial charge in [0.25, 0.3) is 0 Å². The molecule has 2 aromatic heterocycles. The van der Waals surface area contributed by atoms with E-state index in [1.165, 1.54) is 0 Å². The molecular formula is C26H29N3O3. The zero-order valence-corrected chi connectivity index (χ0v) is 18.6. The van der Waals surface area contributed by atoms with Gasteiger partial charge in [-0.3, -0.25) is 13.9 Å². The summed E-state index contributed by atoms with van der Waals surface area (Å²) in [7, 11) is 0. The minimum absolute atomic E-state index is 0.0263. The van der Waals surface area contributed by atoms with E-state index in [0.717, 1.165) is 52.3 Å². The van der Waals surface area contributed by atoms with Crippen molar-refractivity contribution in [2.75, 3.05) is 0 Å². The summed E-state index contributed by atoms with van der Waals surface area (Å²) in [5.74, 6) is -0.851. The Hall–Kier alpha value is -3.28. The fraction of sp³-hybridized carbons (Fsp3) is 0.385. The third-order valence-corrected chi connectivity index (χ3v) is 7.30. The maximum Gasteiger partial charge on any atom is 0.330 e. The standard InChI is InChI=1S/C26H29N3O3/c1-17-9-8-10-20-24(17)19(16-27-20)18(2)28-21-11-4-5-12-22(21)29(25(28)32)26(15-23(30)31)13-6-3-7-14-26/h4-5,8-12,16,18,27H,3,6-7,13-15H2,1-2H3,(H,30,31). The second kappa shape index (κ2) is 7.69. The summed E-state index contributed by atoms with van der Waals surface area (Å²) in [5.41, 5.74) is 4.16. The molecular weight excluding hydrogens is 402 g/mol. The van der Waals surface area contributed by atoms with Crippen molar-refractivity contribution in [1.82, 2.24) is 14.1 Å². The minimum Gasteiger partial charge on any atom is -0.481 e. The van der Waals surface area contributed by atoms with Crippen LogP contribution in [0.25, 0.3) is 21.9 Å². The number of aromatic amines is 1. The molecule has 6 nitrogen and oxygen atoms in total. The van der Waals surface area contributed by atoms with Gasteiger partial charge in [0.15, 0.2) is 0 Å². The number of nitrogens with zero attached hydrogens (tertiary/aromatic N) is 2. The predicted octanol–water partition coefficient (Wildman–Crippen LogP) is 5.34. The Morgan fingerprint density at radius 3 is 2.53 bits per heavy atom. The van der Waals surface area contributed by atoms with Crippen LogP contribution in [0.15, 0.2) is 53.5 Å². The molecule has 0 spiro atoms. The van der Waals surface area contributed by atoms with E-state index in [2.05, 4.69) is 31.0 Å². The number of para-hydroxylation sites is 2. The van der Waals surface area contributed by atoms with E-state index in [4.69, 9.17) is 0 Å². The number of aromatic nitrogens is 3. The van der Waals surface area contributed by atoms with E-state index < -0.39 is 11.5 Å². The molecule has 2 heterocycles. The first kappa shape index (κ1) is 20.6. The number of fused-ring (bicyclic) bond motifs is 2. The van der Waals surface area contributed by atoms with Crippen molar-refractivity contribution in [3.8, 4) is 0 Å². The van der Waals surface area contributed by atoms with E-state index in [1.807, 2.05) is 45.7 Å². The van der Waals surface area contributed by atoms with Crippen LogP contribution in [0.1, 0.15) is 62.6 Å². The Labute approximate surface area is 186 Å². The summed E-state index contributed by atoms with van der Waals surface area (Å²) < 4.78 is 3.66. The molecule has 6 heteroatoms. The van der Waals surface area contributed by atoms with Crippen molar-refractivity contribution in [2.45, 2.75) is 64.0 Å². The van der Waals surface area contributed by atoms with Gasteiger partial charge in [0.2, 0.25) is 0 Å². The number of rotatable bonds is 5. The molecule has 0 aliphatic heterocycles. The maximum absolute atomic E-state index is 14.1. The number of nitrogens with one attached hydrogen (secondary N) is 1. The number of aliphatic carboxylic acids is 1. The lowest BCUT2D eigenvalue weighted by atomic mass is 9.79. The van der Waals surface area contributed by atoms with Crippen LogP contribution in [0.4, 0.5) is 0 Å². The van der Waals surface area contributed by atoms with Gasteiger partial charge < -0.3 is 10.1 Å². The quantitative estimate of drug-likeness (QED) is 0.448. The fourth-order valence-corrected chi connectivity index (χ4v) is 5.84. The molecule has 0 amide bonds. The molecule has 32 heavy (non-hydrogen) atoms. The molecule has 5 rings (SSSR count). The van der Waals surface area contributed by atoms with E-state index in [1.54, 1.807) is 0 Å². The van der Waals surface area contributed by atoms with Crippen LogP contribution in [0.3, 0.4) is 0 Å². The van der Waals surface area contributed by atoms with E-state index >= 15 is 0 Å². The highest BCUT2D eigenvalue weighted by molar-refractivity contribution is 5.87. The molecule has 1 aliphatic carbocycles. The smallest absolute Gasteiger partial charge is 0.330 e. The molecule has 0 saturated heterocycles. The zero-order valence-electron chi connectivity index (χ0n) is 18.6. The average molecular weight is 432 g/mol. The number of carbonyl (C=O) groups is 1. The number of carboxylic acids is 1. The highest BCUT2D eigenvalue weighted by Crippen LogP contribution is 2.40. The number of carboxylic acid groups (broad SMARTS) is 1. The van der Waals surface area contributed by atoms with Gasteiger partial charge >= 0.3 is 11.7 Å². The van der Waals surface area contributed by atoms with E-state index in [-0.39, 0.29) is 18.2 Å². The van der Waals surface area contributed by atoms with Gasteiger partial charge in [0.05, 0.1) is 29.0 Å². The molecule has 1 saturated carbocycles. The third kappa shape index (κ3) is 3.08. The van der Waals surface area contributed by atoms with Gasteiger partial charge in [-0.15, -0.1) is 0 Å². The Balaban J connectivity index is 1.76. The first-order valence-corrected chi connectivity index (χ1v) is 11.4. The van der Waals surface area contributed by atoms with Gasteiger partial charge in [0, 0.05) is 22.7 Å². The molecule has 4 aromatic rings. The summed E-state index contributed by atoms with van der Waals surface area (Å²) in [5, 5.41) is 10.9. The Morgan fingerprint density at radius 2 is 1.81 bits per heavy atom. The molecule has 1 fully saturated rings. The van der Waals surface area contributed by atoms with Gasteiger partial charge in [-0.25, -0.2) is 4.79 Å². The summed E-state index contributed by atoms with van der Waals surface area (Å²) in [4.78, 5) is 29.3. The third-order valence-electron chi connectivity index (χ3n) is 7.30. The Morgan fingerprint density at radius 1 is 1.09 bits per heavy atom. The summed E-state index contributed by atoms with van der Waals surface area (Å²) >= 11 is 0. The monoisotopic (exact) mass is 431 g/mol. The van der Waals surface area contributed by atoms with Crippen LogP contribution < -0.4 is 5.69 Å². The highest BCUT2D eigenvalue weighted by Gasteiger charge is 2.40. The maximum atomic E-state index is 14.1. The lowest BCUT2D eigenvalue weighted by Crippen LogP contribution is -2.44. The van der Waals surface area contributed by atoms with Crippen LogP contribution in [-0.2, 0) is 10.3 Å². The molecule has 166 valence electrons. The largest absolute Gasteiger partial charge is 0.481 e. The van der Waals surface area contributed by atoms with Crippen LogP contribution >= 0.6 is 0 Å². The molecule has 1 atom stereocenters. The van der Waals surface area contributed by atoms with Gasteiger partial charge in [-0.05, 0) is 50.5 Å². The normalized spacial score (nSPS) is 17.1. The highest BCUT2D eigenvalue weighted by atomic mass is 16.4. The topological polar surface area (TPSA) is 80.0 Å². The van der Waals surface area contributed by atoms with Crippen molar-refractivity contribution < 1.29 is 9.90 Å². The van der Waals surface area contributed by atoms with Crippen LogP contribution in [0, 0.1) is 6.92 Å². The van der Waals surface area contributed by atoms with Gasteiger partial charge in [-0.1, -0.05) is 43.5 Å². The number of imidazole rings is 1. The SMILES string of the molecule is Cc1cccc2[nH]cc(C(C)n3c(=O)n(C4(CC(=O)O)CCCCC4)c4ccccc43)c12. The molecule has 2 N–H and O–H groups in total. The van der Waals surface area contributed by atoms with Gasteiger partial charge in [-0.2, -0.15) is 0 Å². The number of hydrogen-bond acceptors (Lipinski definition) is 2. The van der Waals surface area contributed by atoms with Crippen molar-refractivity contribution in [1.29, 1.82) is 0 Å². The fourth-order valence-electron chi connectivity index (χ4n) is 5.84. The number of hydrogen-bond donors (Lipinski definition) is 2. The first-order valence-electron chi connectivity index (χ1n) is 11.4. The second-order valence-corrected chi connectivity index (χ2v) is 9.25. The van der Waals surface area contributed by atoms with Crippen molar-refractivity contribution in [2.24, 2.45) is 0 Å². The predicted molar refractivity (Wildman–Crippen MR) is 126 cm³/mol. The van der Waals surface area contributed by atoms with E-state index in [0.29, 0.717) is 12.8 Å². The van der Waals surface area contributed by atoms with Crippen molar-refractivity contribution in [3.63, 3.8) is 0 Å². The van der Waals surface area contributed by atoms with Crippen molar-refractivity contribution >= 4 is 27.9 Å². The molecule has 1 unspecified atom stereocenters. The van der Waals surface area contributed by atoms with Crippen LogP contribution in [0.5, 0.6) is 0 Å². The first-order chi connectivity index (χ1) is 15.4. The number of benzene rings is 2. The molecule has 0 radical (unpaired) electrons. The van der Waals surface area contributed by atoms with Gasteiger partial charge in [0.1, 0.15) is 0 Å². The molecule has 0 bridgehead atoms. The summed E-state index contributed by atoms with van der Waals surface area (Å²) in [6.07, 6.45) is 6.37. The lowest BCUT2D eigenvalue weighted by molar-refractivity contribution is -0.140. The van der Waals surface area contributed by atoms with Crippen molar-refractivity contribution in [3.05, 3.63) is 70.3 Å². The van der Waals surface area contributed by atoms with Crippen LogP contribution in [-0.4, -0.2) is 25.2 Å². The Kier molecular flexibility index (Phi) is 4.96. The van der Waals surface area contributed by atoms with E-state index in [9.17, 15) is 14.7 Å². The molecule has 2 aromatic carbocycles. The summed E-state index contributed by atoms with van der Waals surface area (Å²) in [6.45, 7) is 4.14.